The van der Waals surface area contributed by atoms with Crippen molar-refractivity contribution in [2.75, 3.05) is 6.54 Å². The lowest BCUT2D eigenvalue weighted by atomic mass is 9.81. The summed E-state index contributed by atoms with van der Waals surface area (Å²) in [5, 5.41) is 11.6. The first-order valence-corrected chi connectivity index (χ1v) is 6.01. The summed E-state index contributed by atoms with van der Waals surface area (Å²) in [6.07, 6.45) is 1.47. The first-order chi connectivity index (χ1) is 8.36. The van der Waals surface area contributed by atoms with Crippen molar-refractivity contribution in [1.29, 1.82) is 5.26 Å². The number of hydrogen-bond donors (Lipinski definition) is 1. The fraction of sp³-hybridized carbons (Fsp3) is 0.500. The van der Waals surface area contributed by atoms with Gasteiger partial charge >= 0.3 is 0 Å². The Balaban J connectivity index is 2.69. The van der Waals surface area contributed by atoms with Gasteiger partial charge < -0.3 is 5.32 Å². The van der Waals surface area contributed by atoms with Crippen molar-refractivity contribution in [3.8, 4) is 6.07 Å². The number of aromatic nitrogens is 1. The summed E-state index contributed by atoms with van der Waals surface area (Å²) in [6.45, 7) is 9.05. The molecule has 1 N–H and O–H groups in total. The topological polar surface area (TPSA) is 65.8 Å². The van der Waals surface area contributed by atoms with E-state index in [0.29, 0.717) is 18.0 Å². The molecule has 1 aromatic heterocycles. The van der Waals surface area contributed by atoms with Gasteiger partial charge in [-0.25, -0.2) is 0 Å². The van der Waals surface area contributed by atoms with E-state index in [-0.39, 0.29) is 17.0 Å². The van der Waals surface area contributed by atoms with Crippen LogP contribution in [0.5, 0.6) is 0 Å². The molecule has 1 rings (SSSR count). The molecule has 1 aromatic rings. The third-order valence-corrected chi connectivity index (χ3v) is 3.39. The van der Waals surface area contributed by atoms with Gasteiger partial charge in [0.15, 0.2) is 0 Å². The second kappa shape index (κ2) is 5.63. The van der Waals surface area contributed by atoms with Crippen LogP contribution in [-0.4, -0.2) is 17.4 Å². The van der Waals surface area contributed by atoms with E-state index in [4.69, 9.17) is 5.26 Å². The second-order valence-corrected chi connectivity index (χ2v) is 5.37. The summed E-state index contributed by atoms with van der Waals surface area (Å²) in [5.74, 6) is 0.233. The van der Waals surface area contributed by atoms with E-state index in [9.17, 15) is 4.79 Å². The van der Waals surface area contributed by atoms with Crippen molar-refractivity contribution in [1.82, 2.24) is 10.3 Å². The van der Waals surface area contributed by atoms with Crippen LogP contribution in [0.25, 0.3) is 0 Å². The molecule has 0 saturated heterocycles. The lowest BCUT2D eigenvalue weighted by Gasteiger charge is -2.29. The monoisotopic (exact) mass is 245 g/mol. The summed E-state index contributed by atoms with van der Waals surface area (Å²) in [6, 6.07) is 5.07. The third kappa shape index (κ3) is 3.56. The standard InChI is InChI=1S/C14H19N3O/c1-10(2)14(3,4)9-17-13(18)12-7-11(8-15)5-6-16-12/h5-7,10H,9H2,1-4H3,(H,17,18). The molecular weight excluding hydrogens is 226 g/mol. The number of carbonyl (C=O) groups excluding carboxylic acids is 1. The Bertz CT molecular complexity index is 472. The van der Waals surface area contributed by atoms with Gasteiger partial charge in [0.05, 0.1) is 11.6 Å². The second-order valence-electron chi connectivity index (χ2n) is 5.37. The average molecular weight is 245 g/mol. The number of nitriles is 1. The number of nitrogens with zero attached hydrogens (tertiary/aromatic N) is 2. The molecule has 0 fully saturated rings. The summed E-state index contributed by atoms with van der Waals surface area (Å²) >= 11 is 0. The van der Waals surface area contributed by atoms with E-state index < -0.39 is 0 Å². The number of amides is 1. The molecule has 0 radical (unpaired) electrons. The summed E-state index contributed by atoms with van der Waals surface area (Å²) in [5.41, 5.74) is 0.759. The first-order valence-electron chi connectivity index (χ1n) is 6.01. The lowest BCUT2D eigenvalue weighted by Crippen LogP contribution is -2.37. The van der Waals surface area contributed by atoms with Crippen molar-refractivity contribution >= 4 is 5.91 Å². The Kier molecular flexibility index (Phi) is 4.43. The van der Waals surface area contributed by atoms with Gasteiger partial charge in [-0.1, -0.05) is 27.7 Å². The quantitative estimate of drug-likeness (QED) is 0.885. The molecule has 0 saturated carbocycles. The SMILES string of the molecule is CC(C)C(C)(C)CNC(=O)c1cc(C#N)ccn1. The summed E-state index contributed by atoms with van der Waals surface area (Å²) < 4.78 is 0. The predicted octanol–water partition coefficient (Wildman–Crippen LogP) is 2.37. The maximum atomic E-state index is 11.9. The minimum absolute atomic E-state index is 0.0303. The Morgan fingerprint density at radius 2 is 2.22 bits per heavy atom. The average Bonchev–Trinajstić information content (AvgIpc) is 2.36. The van der Waals surface area contributed by atoms with Crippen molar-refractivity contribution in [2.24, 2.45) is 11.3 Å². The van der Waals surface area contributed by atoms with Crippen LogP contribution in [0.3, 0.4) is 0 Å². The number of pyridine rings is 1. The molecule has 1 amide bonds. The molecule has 0 aliphatic carbocycles. The molecule has 1 heterocycles. The van der Waals surface area contributed by atoms with Gasteiger partial charge in [-0.05, 0) is 23.5 Å². The van der Waals surface area contributed by atoms with Gasteiger partial charge in [0.2, 0.25) is 0 Å². The van der Waals surface area contributed by atoms with E-state index >= 15 is 0 Å². The fourth-order valence-electron chi connectivity index (χ4n) is 1.23. The molecule has 0 aliphatic rings. The van der Waals surface area contributed by atoms with Crippen molar-refractivity contribution in [2.45, 2.75) is 27.7 Å². The van der Waals surface area contributed by atoms with Gasteiger partial charge in [-0.15, -0.1) is 0 Å². The zero-order valence-corrected chi connectivity index (χ0v) is 11.3. The van der Waals surface area contributed by atoms with Crippen LogP contribution in [0.4, 0.5) is 0 Å². The molecule has 96 valence electrons. The lowest BCUT2D eigenvalue weighted by molar-refractivity contribution is 0.0920. The Morgan fingerprint density at radius 1 is 1.56 bits per heavy atom. The van der Waals surface area contributed by atoms with Gasteiger partial charge in [0.25, 0.3) is 5.91 Å². The molecule has 0 spiro atoms. The highest BCUT2D eigenvalue weighted by Crippen LogP contribution is 2.24. The maximum absolute atomic E-state index is 11.9. The molecule has 4 heteroatoms. The smallest absolute Gasteiger partial charge is 0.269 e. The molecule has 0 aliphatic heterocycles. The van der Waals surface area contributed by atoms with Gasteiger partial charge in [-0.2, -0.15) is 5.26 Å². The van der Waals surface area contributed by atoms with Gasteiger partial charge in [0, 0.05) is 12.7 Å². The molecule has 0 atom stereocenters. The number of hydrogen-bond acceptors (Lipinski definition) is 3. The van der Waals surface area contributed by atoms with Crippen LogP contribution >= 0.6 is 0 Å². The predicted molar refractivity (Wildman–Crippen MR) is 69.9 cm³/mol. The molecule has 4 nitrogen and oxygen atoms in total. The summed E-state index contributed by atoms with van der Waals surface area (Å²) in [4.78, 5) is 15.9. The van der Waals surface area contributed by atoms with Crippen molar-refractivity contribution < 1.29 is 4.79 Å². The van der Waals surface area contributed by atoms with Crippen LogP contribution < -0.4 is 5.32 Å². The molecule has 0 unspecified atom stereocenters. The Morgan fingerprint density at radius 3 is 2.78 bits per heavy atom. The van der Waals surface area contributed by atoms with Crippen LogP contribution in [0.1, 0.15) is 43.7 Å². The minimum atomic E-state index is -0.235. The van der Waals surface area contributed by atoms with Crippen LogP contribution in [0.15, 0.2) is 18.3 Å². The minimum Gasteiger partial charge on any atom is -0.350 e. The van der Waals surface area contributed by atoms with E-state index in [1.54, 1.807) is 6.07 Å². The van der Waals surface area contributed by atoms with Crippen molar-refractivity contribution in [3.05, 3.63) is 29.6 Å². The number of rotatable bonds is 4. The normalized spacial score (nSPS) is 11.1. The Labute approximate surface area is 108 Å². The fourth-order valence-corrected chi connectivity index (χ4v) is 1.23. The molecular formula is C14H19N3O. The maximum Gasteiger partial charge on any atom is 0.269 e. The van der Waals surface area contributed by atoms with Crippen LogP contribution in [0.2, 0.25) is 0 Å². The number of nitrogens with one attached hydrogen (secondary N) is 1. The largest absolute Gasteiger partial charge is 0.350 e. The first kappa shape index (κ1) is 14.2. The summed E-state index contributed by atoms with van der Waals surface area (Å²) in [7, 11) is 0. The third-order valence-electron chi connectivity index (χ3n) is 3.39. The van der Waals surface area contributed by atoms with E-state index in [2.05, 4.69) is 38.0 Å². The van der Waals surface area contributed by atoms with Crippen molar-refractivity contribution in [3.63, 3.8) is 0 Å². The zero-order chi connectivity index (χ0) is 13.8. The Hall–Kier alpha value is -1.89. The van der Waals surface area contributed by atoms with E-state index in [1.807, 2.05) is 6.07 Å². The molecule has 0 aromatic carbocycles. The van der Waals surface area contributed by atoms with Crippen LogP contribution in [0, 0.1) is 22.7 Å². The van der Waals surface area contributed by atoms with Crippen LogP contribution in [-0.2, 0) is 0 Å². The zero-order valence-electron chi connectivity index (χ0n) is 11.3. The van der Waals surface area contributed by atoms with E-state index in [0.717, 1.165) is 0 Å². The molecule has 0 bridgehead atoms. The highest BCUT2D eigenvalue weighted by atomic mass is 16.1. The van der Waals surface area contributed by atoms with Gasteiger partial charge in [0.1, 0.15) is 5.69 Å². The van der Waals surface area contributed by atoms with Gasteiger partial charge in [-0.3, -0.25) is 9.78 Å². The highest BCUT2D eigenvalue weighted by molar-refractivity contribution is 5.92. The molecule has 18 heavy (non-hydrogen) atoms. The van der Waals surface area contributed by atoms with E-state index in [1.165, 1.54) is 12.3 Å². The highest BCUT2D eigenvalue weighted by Gasteiger charge is 2.23. The number of carbonyl (C=O) groups is 1.